The van der Waals surface area contributed by atoms with E-state index in [9.17, 15) is 19.4 Å². The molecular formula is C25H34ClFO5. The number of aliphatic hydroxyl groups excluding tert-OH is 2. The maximum atomic E-state index is 14.3. The summed E-state index contributed by atoms with van der Waals surface area (Å²) in [4.78, 5) is 11.5. The van der Waals surface area contributed by atoms with Gasteiger partial charge in [0.1, 0.15) is 12.4 Å². The SMILES string of the molecule is CC(C)OC(=O)CCCC=CC[C@@H]1[C@@H](C=C[C@@H](F)COc2cccc(Cl)c2)[C@H](O)C[C@@H]1O. The number of alkyl halides is 1. The number of benzene rings is 1. The molecule has 0 spiro atoms. The van der Waals surface area contributed by atoms with Crippen LogP contribution in [0.1, 0.15) is 46.0 Å². The molecule has 1 aromatic carbocycles. The van der Waals surface area contributed by atoms with Gasteiger partial charge in [-0.2, -0.15) is 0 Å². The average Bonchev–Trinajstić information content (AvgIpc) is 2.99. The average molecular weight is 469 g/mol. The van der Waals surface area contributed by atoms with E-state index in [-0.39, 0.29) is 36.9 Å². The summed E-state index contributed by atoms with van der Waals surface area (Å²) in [6.45, 7) is 3.48. The fraction of sp³-hybridized carbons (Fsp3) is 0.560. The van der Waals surface area contributed by atoms with Gasteiger partial charge in [-0.1, -0.05) is 42.0 Å². The molecule has 32 heavy (non-hydrogen) atoms. The minimum atomic E-state index is -1.35. The first kappa shape index (κ1) is 26.4. The zero-order valence-electron chi connectivity index (χ0n) is 18.7. The summed E-state index contributed by atoms with van der Waals surface area (Å²) in [6.07, 6.45) is 6.76. The molecule has 178 valence electrons. The van der Waals surface area contributed by atoms with E-state index in [1.807, 2.05) is 26.0 Å². The summed E-state index contributed by atoms with van der Waals surface area (Å²) >= 11 is 5.89. The van der Waals surface area contributed by atoms with Crippen LogP contribution in [-0.2, 0) is 9.53 Å². The fourth-order valence-electron chi connectivity index (χ4n) is 3.80. The van der Waals surface area contributed by atoms with E-state index in [2.05, 4.69) is 0 Å². The molecule has 7 heteroatoms. The Bertz CT molecular complexity index is 766. The second-order valence-electron chi connectivity index (χ2n) is 8.42. The predicted molar refractivity (Wildman–Crippen MR) is 123 cm³/mol. The summed E-state index contributed by atoms with van der Waals surface area (Å²) in [6, 6.07) is 6.76. The van der Waals surface area contributed by atoms with Crippen molar-refractivity contribution in [3.8, 4) is 5.75 Å². The number of ether oxygens (including phenoxy) is 2. The summed E-state index contributed by atoms with van der Waals surface area (Å²) in [5, 5.41) is 21.1. The van der Waals surface area contributed by atoms with Crippen molar-refractivity contribution in [1.82, 2.24) is 0 Å². The Balaban J connectivity index is 1.78. The van der Waals surface area contributed by atoms with Crippen LogP contribution in [0.5, 0.6) is 5.75 Å². The molecule has 1 fully saturated rings. The third-order valence-corrected chi connectivity index (χ3v) is 5.59. The number of carbonyl (C=O) groups is 1. The second kappa shape index (κ2) is 13.6. The molecule has 1 saturated carbocycles. The first-order valence-electron chi connectivity index (χ1n) is 11.2. The number of halogens is 2. The molecule has 2 rings (SSSR count). The predicted octanol–water partition coefficient (Wildman–Crippen LogP) is 5.04. The molecule has 1 aliphatic carbocycles. The van der Waals surface area contributed by atoms with E-state index >= 15 is 0 Å². The normalized spacial score (nSPS) is 24.5. The Hall–Kier alpha value is -1.89. The third kappa shape index (κ3) is 9.31. The highest BCUT2D eigenvalue weighted by Crippen LogP contribution is 2.36. The molecule has 0 aliphatic heterocycles. The lowest BCUT2D eigenvalue weighted by molar-refractivity contribution is -0.147. The molecule has 0 radical (unpaired) electrons. The Morgan fingerprint density at radius 1 is 1.28 bits per heavy atom. The minimum absolute atomic E-state index is 0.106. The highest BCUT2D eigenvalue weighted by atomic mass is 35.5. The van der Waals surface area contributed by atoms with Gasteiger partial charge in [-0.25, -0.2) is 4.39 Å². The number of hydrogen-bond donors (Lipinski definition) is 2. The lowest BCUT2D eigenvalue weighted by Crippen LogP contribution is -2.20. The summed E-state index contributed by atoms with van der Waals surface area (Å²) in [5.74, 6) is -0.233. The third-order valence-electron chi connectivity index (χ3n) is 5.36. The molecule has 0 heterocycles. The molecular weight excluding hydrogens is 435 g/mol. The maximum absolute atomic E-state index is 14.3. The fourth-order valence-corrected chi connectivity index (χ4v) is 3.98. The quantitative estimate of drug-likeness (QED) is 0.255. The minimum Gasteiger partial charge on any atom is -0.490 e. The number of esters is 1. The van der Waals surface area contributed by atoms with E-state index in [1.165, 1.54) is 6.08 Å². The first-order chi connectivity index (χ1) is 15.3. The van der Waals surface area contributed by atoms with Crippen molar-refractivity contribution in [1.29, 1.82) is 0 Å². The summed E-state index contributed by atoms with van der Waals surface area (Å²) in [5.41, 5.74) is 0. The number of aliphatic hydroxyl groups is 2. The lowest BCUT2D eigenvalue weighted by atomic mass is 9.89. The van der Waals surface area contributed by atoms with Crippen LogP contribution in [-0.4, -0.2) is 47.3 Å². The number of hydrogen-bond acceptors (Lipinski definition) is 5. The van der Waals surface area contributed by atoms with Gasteiger partial charge < -0.3 is 19.7 Å². The van der Waals surface area contributed by atoms with Crippen molar-refractivity contribution in [3.05, 3.63) is 53.6 Å². The van der Waals surface area contributed by atoms with Gasteiger partial charge in [0, 0.05) is 23.8 Å². The van der Waals surface area contributed by atoms with Crippen molar-refractivity contribution >= 4 is 17.6 Å². The van der Waals surface area contributed by atoms with Gasteiger partial charge in [-0.3, -0.25) is 4.79 Å². The number of rotatable bonds is 12. The largest absolute Gasteiger partial charge is 0.490 e. The van der Waals surface area contributed by atoms with Crippen molar-refractivity contribution in [2.45, 2.75) is 70.4 Å². The van der Waals surface area contributed by atoms with Gasteiger partial charge in [0.15, 0.2) is 6.17 Å². The van der Waals surface area contributed by atoms with E-state index in [4.69, 9.17) is 21.1 Å². The highest BCUT2D eigenvalue weighted by molar-refractivity contribution is 6.30. The Morgan fingerprint density at radius 2 is 2.06 bits per heavy atom. The molecule has 5 nitrogen and oxygen atoms in total. The van der Waals surface area contributed by atoms with Crippen LogP contribution in [0.4, 0.5) is 4.39 Å². The maximum Gasteiger partial charge on any atom is 0.306 e. The summed E-state index contributed by atoms with van der Waals surface area (Å²) < 4.78 is 24.8. The molecule has 0 bridgehead atoms. The molecule has 0 unspecified atom stereocenters. The lowest BCUT2D eigenvalue weighted by Gasteiger charge is -2.19. The molecule has 1 aromatic rings. The van der Waals surface area contributed by atoms with Crippen molar-refractivity contribution in [2.75, 3.05) is 6.61 Å². The first-order valence-corrected chi connectivity index (χ1v) is 11.6. The van der Waals surface area contributed by atoms with Crippen LogP contribution in [0.25, 0.3) is 0 Å². The van der Waals surface area contributed by atoms with E-state index in [0.29, 0.717) is 30.0 Å². The number of unbranched alkanes of at least 4 members (excludes halogenated alkanes) is 1. The van der Waals surface area contributed by atoms with Gasteiger partial charge in [0.2, 0.25) is 0 Å². The molecule has 0 saturated heterocycles. The zero-order chi connectivity index (χ0) is 23.5. The van der Waals surface area contributed by atoms with E-state index in [1.54, 1.807) is 30.3 Å². The number of carbonyl (C=O) groups excluding carboxylic acids is 1. The van der Waals surface area contributed by atoms with Gasteiger partial charge in [-0.05, 0) is 57.2 Å². The zero-order valence-corrected chi connectivity index (χ0v) is 19.5. The highest BCUT2D eigenvalue weighted by Gasteiger charge is 2.39. The molecule has 0 aromatic heterocycles. The van der Waals surface area contributed by atoms with Gasteiger partial charge in [0.25, 0.3) is 0 Å². The van der Waals surface area contributed by atoms with Gasteiger partial charge >= 0.3 is 5.97 Å². The second-order valence-corrected chi connectivity index (χ2v) is 8.86. The van der Waals surface area contributed by atoms with Gasteiger partial charge in [-0.15, -0.1) is 0 Å². The van der Waals surface area contributed by atoms with Crippen LogP contribution in [0.2, 0.25) is 5.02 Å². The Morgan fingerprint density at radius 3 is 2.78 bits per heavy atom. The van der Waals surface area contributed by atoms with Crippen molar-refractivity contribution in [3.63, 3.8) is 0 Å². The van der Waals surface area contributed by atoms with Crippen LogP contribution in [0.3, 0.4) is 0 Å². The van der Waals surface area contributed by atoms with E-state index in [0.717, 1.165) is 6.42 Å². The van der Waals surface area contributed by atoms with Crippen LogP contribution < -0.4 is 4.74 Å². The summed E-state index contributed by atoms with van der Waals surface area (Å²) in [7, 11) is 0. The van der Waals surface area contributed by atoms with Gasteiger partial charge in [0.05, 0.1) is 18.3 Å². The van der Waals surface area contributed by atoms with Crippen LogP contribution in [0.15, 0.2) is 48.6 Å². The van der Waals surface area contributed by atoms with Crippen molar-refractivity contribution < 1.29 is 28.9 Å². The molecule has 0 amide bonds. The number of allylic oxidation sites excluding steroid dienone is 2. The van der Waals surface area contributed by atoms with E-state index < -0.39 is 18.4 Å². The van der Waals surface area contributed by atoms with Crippen LogP contribution in [0, 0.1) is 11.8 Å². The van der Waals surface area contributed by atoms with Crippen molar-refractivity contribution in [2.24, 2.45) is 11.8 Å². The Kier molecular flexibility index (Phi) is 11.2. The Labute approximate surface area is 194 Å². The standard InChI is InChI=1S/C25H34ClFO5/c1-17(2)32-25(30)11-6-4-3-5-10-21-22(24(29)15-23(21)28)13-12-19(27)16-31-20-9-7-8-18(26)14-20/h3,5,7-9,12-14,17,19,21-24,28-29H,4,6,10-11,15-16H2,1-2H3/t19-,21-,22-,23+,24-/m1/s1. The van der Waals surface area contributed by atoms with Crippen LogP contribution >= 0.6 is 11.6 Å². The molecule has 1 aliphatic rings. The molecule has 5 atom stereocenters. The topological polar surface area (TPSA) is 76.0 Å². The smallest absolute Gasteiger partial charge is 0.306 e. The molecule has 2 N–H and O–H groups in total. The monoisotopic (exact) mass is 468 g/mol.